The molecule has 0 bridgehead atoms. The smallest absolute Gasteiger partial charge is 0.250 e. The molecule has 3 aromatic rings. The first-order chi connectivity index (χ1) is 13.7. The molecule has 3 rings (SSSR count). The number of carbonyl (C=O) groups is 1. The van der Waals surface area contributed by atoms with Crippen molar-refractivity contribution in [2.75, 3.05) is 20.0 Å². The van der Waals surface area contributed by atoms with Crippen molar-refractivity contribution in [1.82, 2.24) is 5.43 Å². The molecule has 144 valence electrons. The maximum absolute atomic E-state index is 12.0. The van der Waals surface area contributed by atoms with Crippen molar-refractivity contribution in [1.29, 1.82) is 0 Å². The number of fused-ring (bicyclic) bond motifs is 1. The number of hydrazone groups is 1. The Morgan fingerprint density at radius 3 is 2.64 bits per heavy atom. The first-order valence-corrected chi connectivity index (χ1v) is 9.94. The molecule has 0 unspecified atom stereocenters. The number of nitrogens with zero attached hydrogens (tertiary/aromatic N) is 1. The molecule has 0 saturated carbocycles. The number of hydrogen-bond donors (Lipinski definition) is 1. The van der Waals surface area contributed by atoms with Gasteiger partial charge in [-0.2, -0.15) is 5.10 Å². The molecule has 5 nitrogen and oxygen atoms in total. The summed E-state index contributed by atoms with van der Waals surface area (Å²) in [6, 6.07) is 20.0. The molecule has 0 fully saturated rings. The standard InChI is InChI=1S/C22H22N2O3S/c1-26-20-9-10-21(27-2)19(12-20)13-23-24-22(25)15-28-14-16-7-8-17-5-3-4-6-18(17)11-16/h3-13H,14-15H2,1-2H3,(H,24,25)/b23-13-. The van der Waals surface area contributed by atoms with Gasteiger partial charge < -0.3 is 9.47 Å². The number of nitrogens with one attached hydrogen (secondary N) is 1. The van der Waals surface area contributed by atoms with Gasteiger partial charge in [-0.1, -0.05) is 42.5 Å². The Hall–Kier alpha value is -2.99. The van der Waals surface area contributed by atoms with Crippen LogP contribution < -0.4 is 14.9 Å². The molecule has 1 amide bonds. The van der Waals surface area contributed by atoms with Crippen LogP contribution in [0.5, 0.6) is 11.5 Å². The number of thioether (sulfide) groups is 1. The molecule has 0 atom stereocenters. The summed E-state index contributed by atoms with van der Waals surface area (Å²) in [4.78, 5) is 12.0. The average molecular weight is 394 g/mol. The van der Waals surface area contributed by atoms with Gasteiger partial charge in [-0.3, -0.25) is 4.79 Å². The van der Waals surface area contributed by atoms with Crippen LogP contribution in [-0.4, -0.2) is 32.1 Å². The van der Waals surface area contributed by atoms with E-state index in [1.807, 2.05) is 12.1 Å². The number of methoxy groups -OCH3 is 2. The molecular formula is C22H22N2O3S. The van der Waals surface area contributed by atoms with E-state index in [1.54, 1.807) is 50.4 Å². The summed E-state index contributed by atoms with van der Waals surface area (Å²) in [6.45, 7) is 0. The summed E-state index contributed by atoms with van der Waals surface area (Å²) >= 11 is 1.55. The zero-order valence-corrected chi connectivity index (χ0v) is 16.7. The summed E-state index contributed by atoms with van der Waals surface area (Å²) in [6.07, 6.45) is 1.55. The van der Waals surface area contributed by atoms with Crippen LogP contribution in [0.2, 0.25) is 0 Å². The lowest BCUT2D eigenvalue weighted by Crippen LogP contribution is -2.19. The number of rotatable bonds is 8. The van der Waals surface area contributed by atoms with Crippen molar-refractivity contribution >= 4 is 34.7 Å². The molecule has 0 aromatic heterocycles. The van der Waals surface area contributed by atoms with Crippen molar-refractivity contribution in [2.24, 2.45) is 5.10 Å². The van der Waals surface area contributed by atoms with Crippen molar-refractivity contribution in [3.05, 3.63) is 71.8 Å². The van der Waals surface area contributed by atoms with Crippen molar-refractivity contribution in [3.8, 4) is 11.5 Å². The van der Waals surface area contributed by atoms with E-state index in [9.17, 15) is 4.79 Å². The fourth-order valence-electron chi connectivity index (χ4n) is 2.74. The van der Waals surface area contributed by atoms with E-state index in [1.165, 1.54) is 16.3 Å². The summed E-state index contributed by atoms with van der Waals surface area (Å²) in [5.74, 6) is 2.30. The van der Waals surface area contributed by atoms with Gasteiger partial charge in [-0.25, -0.2) is 5.43 Å². The maximum Gasteiger partial charge on any atom is 0.250 e. The lowest BCUT2D eigenvalue weighted by Gasteiger charge is -2.07. The second-order valence-electron chi connectivity index (χ2n) is 6.08. The molecule has 0 heterocycles. The van der Waals surface area contributed by atoms with E-state index < -0.39 is 0 Å². The van der Waals surface area contributed by atoms with Crippen LogP contribution in [0.25, 0.3) is 10.8 Å². The van der Waals surface area contributed by atoms with Gasteiger partial charge in [0.2, 0.25) is 5.91 Å². The van der Waals surface area contributed by atoms with E-state index in [0.29, 0.717) is 17.3 Å². The van der Waals surface area contributed by atoms with Gasteiger partial charge in [-0.05, 0) is 34.5 Å². The summed E-state index contributed by atoms with van der Waals surface area (Å²) in [5, 5.41) is 6.45. The first kappa shape index (κ1) is 19.8. The molecule has 0 spiro atoms. The van der Waals surface area contributed by atoms with Crippen LogP contribution in [0.1, 0.15) is 11.1 Å². The topological polar surface area (TPSA) is 59.9 Å². The molecule has 0 aliphatic heterocycles. The molecule has 0 aliphatic rings. The summed E-state index contributed by atoms with van der Waals surface area (Å²) < 4.78 is 10.5. The number of benzene rings is 3. The highest BCUT2D eigenvalue weighted by atomic mass is 32.2. The highest BCUT2D eigenvalue weighted by Crippen LogP contribution is 2.22. The zero-order valence-electron chi connectivity index (χ0n) is 15.8. The Balaban J connectivity index is 1.49. The predicted molar refractivity (Wildman–Crippen MR) is 115 cm³/mol. The minimum atomic E-state index is -0.149. The number of hydrogen-bond acceptors (Lipinski definition) is 5. The monoisotopic (exact) mass is 394 g/mol. The van der Waals surface area contributed by atoms with Crippen LogP contribution >= 0.6 is 11.8 Å². The minimum Gasteiger partial charge on any atom is -0.497 e. The third-order valence-electron chi connectivity index (χ3n) is 4.15. The Morgan fingerprint density at radius 2 is 1.86 bits per heavy atom. The number of carbonyl (C=O) groups excluding carboxylic acids is 1. The van der Waals surface area contributed by atoms with E-state index >= 15 is 0 Å². The summed E-state index contributed by atoms with van der Waals surface area (Å²) in [7, 11) is 3.18. The second kappa shape index (κ2) is 9.80. The predicted octanol–water partition coefficient (Wildman–Crippen LogP) is 4.24. The van der Waals surface area contributed by atoms with E-state index in [0.717, 1.165) is 11.3 Å². The van der Waals surface area contributed by atoms with Crippen LogP contribution in [0, 0.1) is 0 Å². The summed E-state index contributed by atoms with van der Waals surface area (Å²) in [5.41, 5.74) is 4.47. The van der Waals surface area contributed by atoms with Crippen molar-refractivity contribution < 1.29 is 14.3 Å². The Labute approximate surface area is 168 Å². The molecule has 3 aromatic carbocycles. The van der Waals surface area contributed by atoms with Gasteiger partial charge >= 0.3 is 0 Å². The highest BCUT2D eigenvalue weighted by molar-refractivity contribution is 7.99. The minimum absolute atomic E-state index is 0.149. The zero-order chi connectivity index (χ0) is 19.8. The normalized spacial score (nSPS) is 10.9. The second-order valence-corrected chi connectivity index (χ2v) is 7.06. The fourth-order valence-corrected chi connectivity index (χ4v) is 3.50. The van der Waals surface area contributed by atoms with Crippen LogP contribution in [0.3, 0.4) is 0 Å². The van der Waals surface area contributed by atoms with Gasteiger partial charge in [0.25, 0.3) is 0 Å². The van der Waals surface area contributed by atoms with Crippen molar-refractivity contribution in [2.45, 2.75) is 5.75 Å². The van der Waals surface area contributed by atoms with Gasteiger partial charge in [-0.15, -0.1) is 11.8 Å². The Bertz CT molecular complexity index is 988. The van der Waals surface area contributed by atoms with E-state index in [4.69, 9.17) is 9.47 Å². The van der Waals surface area contributed by atoms with Gasteiger partial charge in [0.15, 0.2) is 0 Å². The first-order valence-electron chi connectivity index (χ1n) is 8.79. The Kier molecular flexibility index (Phi) is 6.92. The largest absolute Gasteiger partial charge is 0.497 e. The van der Waals surface area contributed by atoms with Crippen LogP contribution in [-0.2, 0) is 10.5 Å². The molecule has 0 radical (unpaired) electrons. The average Bonchev–Trinajstić information content (AvgIpc) is 2.73. The molecule has 28 heavy (non-hydrogen) atoms. The van der Waals surface area contributed by atoms with Gasteiger partial charge in [0, 0.05) is 11.3 Å². The molecule has 0 saturated heterocycles. The molecule has 6 heteroatoms. The third-order valence-corrected chi connectivity index (χ3v) is 5.15. The third kappa shape index (κ3) is 5.27. The van der Waals surface area contributed by atoms with E-state index in [2.05, 4.69) is 40.9 Å². The highest BCUT2D eigenvalue weighted by Gasteiger charge is 2.04. The molecular weight excluding hydrogens is 372 g/mol. The molecule has 1 N–H and O–H groups in total. The maximum atomic E-state index is 12.0. The SMILES string of the molecule is COc1ccc(OC)c(/C=N\NC(=O)CSCc2ccc3ccccc3c2)c1. The van der Waals surface area contributed by atoms with Gasteiger partial charge in [0.05, 0.1) is 26.2 Å². The fraction of sp³-hybridized carbons (Fsp3) is 0.182. The lowest BCUT2D eigenvalue weighted by molar-refractivity contribution is -0.118. The molecule has 0 aliphatic carbocycles. The van der Waals surface area contributed by atoms with Gasteiger partial charge in [0.1, 0.15) is 11.5 Å². The quantitative estimate of drug-likeness (QED) is 0.459. The Morgan fingerprint density at radius 1 is 1.04 bits per heavy atom. The number of ether oxygens (including phenoxy) is 2. The van der Waals surface area contributed by atoms with E-state index in [-0.39, 0.29) is 5.91 Å². The van der Waals surface area contributed by atoms with Crippen LogP contribution in [0.4, 0.5) is 0 Å². The van der Waals surface area contributed by atoms with Crippen LogP contribution in [0.15, 0.2) is 65.8 Å². The number of amides is 1. The van der Waals surface area contributed by atoms with Crippen molar-refractivity contribution in [3.63, 3.8) is 0 Å². The lowest BCUT2D eigenvalue weighted by atomic mass is 10.1.